The molecule has 0 bridgehead atoms. The molecule has 476 valence electrons. The van der Waals surface area contributed by atoms with Crippen LogP contribution >= 0.6 is 0 Å². The minimum absolute atomic E-state index is 0.127. The number of aliphatic hydroxyl groups is 5. The molecule has 0 aliphatic carbocycles. The molecule has 0 aromatic carbocycles. The van der Waals surface area contributed by atoms with E-state index in [2.05, 4.69) is 50.4 Å². The van der Waals surface area contributed by atoms with Crippen molar-refractivity contribution in [2.45, 2.75) is 384 Å². The molecule has 8 unspecified atom stereocenters. The van der Waals surface area contributed by atoms with Gasteiger partial charge >= 0.3 is 5.97 Å². The van der Waals surface area contributed by atoms with E-state index in [1.807, 2.05) is 6.08 Å². The van der Waals surface area contributed by atoms with Crippen LogP contribution in [0.25, 0.3) is 0 Å². The molecule has 1 rings (SSSR count). The van der Waals surface area contributed by atoms with Gasteiger partial charge in [-0.2, -0.15) is 0 Å². The zero-order valence-electron chi connectivity index (χ0n) is 52.9. The quantitative estimate of drug-likeness (QED) is 0.0195. The predicted octanol–water partition coefficient (Wildman–Crippen LogP) is 17.4. The first kappa shape index (κ1) is 76.9. The van der Waals surface area contributed by atoms with Crippen LogP contribution in [0.4, 0.5) is 0 Å². The summed E-state index contributed by atoms with van der Waals surface area (Å²) >= 11 is 0. The van der Waals surface area contributed by atoms with Gasteiger partial charge in [-0.05, 0) is 57.8 Å². The molecule has 0 saturated carbocycles. The minimum atomic E-state index is -1.61. The number of ether oxygens (including phenoxy) is 3. The van der Waals surface area contributed by atoms with Gasteiger partial charge in [0.15, 0.2) is 12.4 Å². The lowest BCUT2D eigenvalue weighted by atomic mass is 9.99. The number of unbranched alkanes of at least 4 members (excludes halogenated alkanes) is 42. The second-order valence-electron chi connectivity index (χ2n) is 24.3. The summed E-state index contributed by atoms with van der Waals surface area (Å²) < 4.78 is 17.7. The van der Waals surface area contributed by atoms with Gasteiger partial charge in [0.05, 0.1) is 25.4 Å². The summed E-state index contributed by atoms with van der Waals surface area (Å²) in [6.07, 6.45) is 60.4. The van der Waals surface area contributed by atoms with Crippen LogP contribution in [0.15, 0.2) is 36.5 Å². The van der Waals surface area contributed by atoms with E-state index in [0.29, 0.717) is 19.3 Å². The highest BCUT2D eigenvalue weighted by Gasteiger charge is 2.47. The number of carbonyl (C=O) groups is 2. The molecular weight excluding hydrogens is 1010 g/mol. The van der Waals surface area contributed by atoms with Gasteiger partial charge in [-0.1, -0.05) is 308 Å². The highest BCUT2D eigenvalue weighted by molar-refractivity contribution is 5.80. The maximum absolute atomic E-state index is 13.4. The first-order valence-electron chi connectivity index (χ1n) is 34.8. The lowest BCUT2D eigenvalue weighted by Crippen LogP contribution is -2.61. The Balaban J connectivity index is 2.56. The van der Waals surface area contributed by atoms with Gasteiger partial charge in [-0.3, -0.25) is 9.59 Å². The molecule has 0 aromatic heterocycles. The van der Waals surface area contributed by atoms with Gasteiger partial charge in [0.25, 0.3) is 0 Å². The van der Waals surface area contributed by atoms with Gasteiger partial charge in [-0.25, -0.2) is 0 Å². The second-order valence-corrected chi connectivity index (χ2v) is 24.3. The topological polar surface area (TPSA) is 175 Å². The summed E-state index contributed by atoms with van der Waals surface area (Å²) in [7, 11) is 0. The lowest BCUT2D eigenvalue weighted by Gasteiger charge is -2.41. The number of nitrogens with one attached hydrogen (secondary N) is 1. The van der Waals surface area contributed by atoms with E-state index in [1.54, 1.807) is 6.08 Å². The van der Waals surface area contributed by atoms with E-state index in [9.17, 15) is 35.1 Å². The van der Waals surface area contributed by atoms with Crippen molar-refractivity contribution in [1.29, 1.82) is 0 Å². The molecule has 1 heterocycles. The molecule has 8 atom stereocenters. The zero-order valence-corrected chi connectivity index (χ0v) is 52.9. The molecule has 11 nitrogen and oxygen atoms in total. The van der Waals surface area contributed by atoms with Crippen molar-refractivity contribution in [3.63, 3.8) is 0 Å². The molecule has 1 fully saturated rings. The number of carbonyl (C=O) groups excluding carboxylic acids is 2. The molecule has 0 radical (unpaired) electrons. The average molecular weight is 1150 g/mol. The van der Waals surface area contributed by atoms with Crippen LogP contribution in [-0.4, -0.2) is 99.6 Å². The second kappa shape index (κ2) is 58.3. The Kier molecular flexibility index (Phi) is 55.3. The predicted molar refractivity (Wildman–Crippen MR) is 338 cm³/mol. The van der Waals surface area contributed by atoms with Crippen molar-refractivity contribution >= 4 is 11.9 Å². The Bertz CT molecular complexity index is 1460. The third-order valence-corrected chi connectivity index (χ3v) is 16.5. The first-order valence-corrected chi connectivity index (χ1v) is 34.8. The first-order chi connectivity index (χ1) is 39.7. The Morgan fingerprint density at radius 3 is 1.28 bits per heavy atom. The van der Waals surface area contributed by atoms with E-state index in [1.165, 1.54) is 225 Å². The largest absolute Gasteiger partial charge is 0.454 e. The van der Waals surface area contributed by atoms with Gasteiger partial charge in [0.2, 0.25) is 5.91 Å². The van der Waals surface area contributed by atoms with Gasteiger partial charge in [0.1, 0.15) is 24.4 Å². The number of hydrogen-bond acceptors (Lipinski definition) is 10. The summed E-state index contributed by atoms with van der Waals surface area (Å²) in [5.41, 5.74) is 0. The third kappa shape index (κ3) is 45.9. The normalized spacial score (nSPS) is 18.8. The van der Waals surface area contributed by atoms with Crippen molar-refractivity contribution in [2.75, 3.05) is 13.2 Å². The van der Waals surface area contributed by atoms with Crippen LogP contribution in [-0.2, 0) is 23.8 Å². The maximum Gasteiger partial charge on any atom is 0.306 e. The summed E-state index contributed by atoms with van der Waals surface area (Å²) in [5, 5.41) is 57.2. The standard InChI is InChI=1S/C70H131NO10/c1-4-7-10-13-16-19-22-25-27-28-29-30-31-32-33-34-35-36-37-40-43-46-49-52-55-58-65(75)81-68-67(77)66(76)64(59-72)80-70(68)79-60-61(62(73)56-53-50-47-44-41-38-24-21-18-15-12-9-6-3)71-69(78)63(74)57-54-51-48-45-42-39-26-23-20-17-14-11-8-5-2/h16,19,25,27,53,56,61-64,66-68,70,72-74,76-77H,4-15,17-18,20-24,26,28-52,54-55,57-60H2,1-3H3,(H,71,78)/b19-16-,27-25-,56-53+. The van der Waals surface area contributed by atoms with E-state index in [-0.39, 0.29) is 13.0 Å². The van der Waals surface area contributed by atoms with E-state index in [0.717, 1.165) is 64.2 Å². The highest BCUT2D eigenvalue weighted by Crippen LogP contribution is 2.26. The van der Waals surface area contributed by atoms with Crippen LogP contribution < -0.4 is 5.32 Å². The van der Waals surface area contributed by atoms with E-state index in [4.69, 9.17) is 14.2 Å². The Labute approximate surface area is 498 Å². The summed E-state index contributed by atoms with van der Waals surface area (Å²) in [6, 6.07) is -1.02. The fraction of sp³-hybridized carbons (Fsp3) is 0.886. The number of esters is 1. The number of allylic oxidation sites excluding steroid dienone is 5. The fourth-order valence-electron chi connectivity index (χ4n) is 11.0. The third-order valence-electron chi connectivity index (χ3n) is 16.5. The van der Waals surface area contributed by atoms with Gasteiger partial charge in [0, 0.05) is 6.42 Å². The zero-order chi connectivity index (χ0) is 58.9. The van der Waals surface area contributed by atoms with Gasteiger partial charge < -0.3 is 45.1 Å². The molecule has 81 heavy (non-hydrogen) atoms. The minimum Gasteiger partial charge on any atom is -0.454 e. The summed E-state index contributed by atoms with van der Waals surface area (Å²) in [5.74, 6) is -1.18. The Hall–Kier alpha value is -2.12. The van der Waals surface area contributed by atoms with Crippen LogP contribution in [0.5, 0.6) is 0 Å². The maximum atomic E-state index is 13.4. The summed E-state index contributed by atoms with van der Waals surface area (Å²) in [4.78, 5) is 26.6. The number of rotatable bonds is 60. The molecule has 1 saturated heterocycles. The molecule has 1 aliphatic rings. The SMILES string of the molecule is CCCCC/C=C\C/C=C\CCCCCCCCCCCCCCCCCC(=O)OC1C(OCC(NC(=O)C(O)CCCCCCCCCCCCCCCC)C(O)/C=C/CCCCCCCCCCCCC)OC(CO)C(O)C1O. The summed E-state index contributed by atoms with van der Waals surface area (Å²) in [6.45, 7) is 5.81. The Morgan fingerprint density at radius 1 is 0.481 bits per heavy atom. The highest BCUT2D eigenvalue weighted by atomic mass is 16.7. The van der Waals surface area contributed by atoms with Crippen LogP contribution in [0.3, 0.4) is 0 Å². The van der Waals surface area contributed by atoms with Crippen LogP contribution in [0.1, 0.15) is 335 Å². The van der Waals surface area contributed by atoms with Crippen molar-refractivity contribution in [1.82, 2.24) is 5.32 Å². The lowest BCUT2D eigenvalue weighted by molar-refractivity contribution is -0.305. The van der Waals surface area contributed by atoms with Crippen molar-refractivity contribution in [3.05, 3.63) is 36.5 Å². The fourth-order valence-corrected chi connectivity index (χ4v) is 11.0. The molecular formula is C70H131NO10. The van der Waals surface area contributed by atoms with Gasteiger partial charge in [-0.15, -0.1) is 0 Å². The average Bonchev–Trinajstić information content (AvgIpc) is 3.47. The molecule has 1 amide bonds. The van der Waals surface area contributed by atoms with Crippen LogP contribution in [0.2, 0.25) is 0 Å². The number of amides is 1. The smallest absolute Gasteiger partial charge is 0.306 e. The van der Waals surface area contributed by atoms with Crippen molar-refractivity contribution in [3.8, 4) is 0 Å². The molecule has 11 heteroatoms. The van der Waals surface area contributed by atoms with Crippen LogP contribution in [0, 0.1) is 0 Å². The molecule has 6 N–H and O–H groups in total. The molecule has 1 aliphatic heterocycles. The Morgan fingerprint density at radius 2 is 0.852 bits per heavy atom. The number of aliphatic hydroxyl groups excluding tert-OH is 5. The molecule has 0 spiro atoms. The van der Waals surface area contributed by atoms with E-state index < -0.39 is 67.4 Å². The van der Waals surface area contributed by atoms with Crippen molar-refractivity contribution in [2.24, 2.45) is 0 Å². The monoisotopic (exact) mass is 1150 g/mol. The van der Waals surface area contributed by atoms with E-state index >= 15 is 0 Å². The molecule has 0 aromatic rings. The number of hydrogen-bond donors (Lipinski definition) is 6. The van der Waals surface area contributed by atoms with Crippen molar-refractivity contribution < 1.29 is 49.3 Å².